The summed E-state index contributed by atoms with van der Waals surface area (Å²) in [5, 5.41) is 41.1. The first kappa shape index (κ1) is 96.1. The van der Waals surface area contributed by atoms with Gasteiger partial charge in [-0.15, -0.1) is 51.0 Å². The molecule has 8 atom stereocenters. The Balaban J connectivity index is 0.0000000877. The second-order valence-corrected chi connectivity index (χ2v) is 62.1. The van der Waals surface area contributed by atoms with Crippen LogP contribution in [0.1, 0.15) is 332 Å². The van der Waals surface area contributed by atoms with Crippen LogP contribution >= 0.6 is 0 Å². The van der Waals surface area contributed by atoms with E-state index in [4.69, 9.17) is 23.7 Å². The highest BCUT2D eigenvalue weighted by Crippen LogP contribution is 2.65. The lowest BCUT2D eigenvalue weighted by atomic mass is 9.52. The van der Waals surface area contributed by atoms with Gasteiger partial charge in [-0.3, -0.25) is 36.2 Å². The first-order chi connectivity index (χ1) is 72.0. The maximum atomic E-state index is 12.5. The number of ether oxygens (including phenoxy) is 5. The summed E-state index contributed by atoms with van der Waals surface area (Å²) >= 11 is 0. The molecule has 10 heterocycles. The lowest BCUT2D eigenvalue weighted by molar-refractivity contribution is -0.0792. The molecule has 26 aliphatic rings. The van der Waals surface area contributed by atoms with Crippen molar-refractivity contribution in [3.05, 3.63) is 101 Å². The van der Waals surface area contributed by atoms with Gasteiger partial charge in [-0.25, -0.2) is 42.1 Å². The fraction of sp³-hybridized carbons (Fsp3) is 0.730. The number of aromatic nitrogens is 15. The van der Waals surface area contributed by atoms with Crippen LogP contribution in [0, 0.1) is 136 Å². The Bertz CT molecular complexity index is 7400. The van der Waals surface area contributed by atoms with Gasteiger partial charge in [0.25, 0.3) is 0 Å². The van der Waals surface area contributed by atoms with Crippen molar-refractivity contribution >= 4 is 95.8 Å². The van der Waals surface area contributed by atoms with Crippen molar-refractivity contribution in [3.63, 3.8) is 0 Å². The number of rotatable bonds is 31. The third-order valence-corrected chi connectivity index (χ3v) is 48.0. The molecule has 0 saturated heterocycles. The topological polar surface area (TPSA) is 404 Å². The fourth-order valence-corrected chi connectivity index (χ4v) is 38.8. The van der Waals surface area contributed by atoms with Crippen LogP contribution < -0.4 is 37.9 Å². The Kier molecular flexibility index (Phi) is 23.7. The zero-order valence-corrected chi connectivity index (χ0v) is 89.8. The molecule has 26 saturated carbocycles. The van der Waals surface area contributed by atoms with Crippen molar-refractivity contribution in [3.8, 4) is 28.7 Å². The van der Waals surface area contributed by atoms with E-state index in [0.717, 1.165) is 238 Å². The summed E-state index contributed by atoms with van der Waals surface area (Å²) in [6, 6.07) is 9.87. The van der Waals surface area contributed by atoms with Gasteiger partial charge in [0.15, 0.2) is 59.6 Å². The number of anilines is 3. The largest absolute Gasteiger partial charge is 0.493 e. The minimum Gasteiger partial charge on any atom is -0.493 e. The molecule has 26 fully saturated rings. The standard InChI is InChI=1S/2C23H30N4O3S.C23H29N3O3S.C21H28N4O3S.C21H27N3O3S/c28-31(29,18-3-4-18)26-23-25-24-22-10-21(19(11-27(22)23)15-1-2-15)30-12-20-16-6-13-5-14(8-16)9-17(20)7-13;28-31(29,17-5-6-17)26-23-25-24-22-10-21(20(11-27(22)23)14-1-2-14)30-12-13-7-18-15-3-4-16(9-15)19(18)8-13;27-30(28,18-3-4-18)12-22-25-24-21-10-20(19(11-26(21)22)15-1-2-15)29-23-16-6-13-5-14(8-16)9-17(23)7-13;1-29(26,27)24-21-23-22-20-9-19(18(10-25(20)21)13-2-3-13)28-11-12-6-16-14-4-5-15(8-14)17(16)7-12;1-28(25,26)11-20-23-22-19-9-18(17(10-24(19)20)14-2-3-14)27-21-15-5-12-4-13(7-15)8-16(21)6-12/h10-11,13-18,20H,1-9,12H2,(H,25,26);10-11,13-19H,1-9,12H2,(H,25,26);10-11,13-18,23H,1-9,12H2;9-10,12-17H,2-8,11H2,1H3,(H,23,24);9-10,12-16,21H,2-8,11H2,1H3. The summed E-state index contributed by atoms with van der Waals surface area (Å²) in [6.45, 7) is 2.38. The summed E-state index contributed by atoms with van der Waals surface area (Å²) in [7, 11) is -16.4. The smallest absolute Gasteiger partial charge is 0.242 e. The average Bonchev–Trinajstić information content (AvgIpc) is 1.72. The zero-order valence-electron chi connectivity index (χ0n) is 85.7. The molecule has 0 radical (unpaired) electrons. The Morgan fingerprint density at radius 1 is 0.282 bits per heavy atom. The van der Waals surface area contributed by atoms with E-state index >= 15 is 0 Å². The lowest BCUT2D eigenvalue weighted by Crippen LogP contribution is -2.50. The number of pyridine rings is 5. The molecule has 38 heteroatoms. The van der Waals surface area contributed by atoms with Gasteiger partial charge >= 0.3 is 0 Å². The second-order valence-electron chi connectivity index (χ2n) is 52.0. The molecule has 3 N–H and O–H groups in total. The average molecular weight is 2130 g/mol. The van der Waals surface area contributed by atoms with Crippen LogP contribution in [0.4, 0.5) is 17.8 Å². The predicted molar refractivity (Wildman–Crippen MR) is 560 cm³/mol. The van der Waals surface area contributed by atoms with Crippen LogP contribution in [0.3, 0.4) is 0 Å². The van der Waals surface area contributed by atoms with E-state index in [2.05, 4.69) is 71.3 Å². The van der Waals surface area contributed by atoms with Gasteiger partial charge in [0, 0.05) is 95.4 Å². The SMILES string of the molecule is CS(=O)(=O)Cc1nnc2cc(OC3C4CC5CC(C4)CC3C5)c(C3CC3)cn12.CS(=O)(=O)Nc1nnc2cc(OCC3CC4C5CCC(C5)C4C3)c(C3CC3)cn12.O=S(=O)(Cc1nnc2cc(OC3C4CC5CC(C4)CC3C5)c(C3CC3)cn12)C1CC1.O=S(=O)(Nc1nnc2cc(OCC3C4CC5CC(C4)CC3C5)c(C3CC3)cn12)C1CC1.O=S(=O)(Nc1nnc2cc(OCC3CC4C5CCC(C5)C4C3)c(C3CC3)cn12)C1CC1. The molecular formula is C111H144N18O15S5. The zero-order chi connectivity index (χ0) is 100. The monoisotopic (exact) mass is 2130 g/mol. The fourth-order valence-electron chi connectivity index (χ4n) is 33.4. The van der Waals surface area contributed by atoms with Gasteiger partial charge in [0.2, 0.25) is 47.9 Å². The number of hydrogen-bond acceptors (Lipinski definition) is 25. The molecule has 33 nitrogen and oxygen atoms in total. The van der Waals surface area contributed by atoms with Crippen molar-refractivity contribution in [2.24, 2.45) is 136 Å². The van der Waals surface area contributed by atoms with Gasteiger partial charge in [0.05, 0.1) is 41.8 Å². The molecule has 149 heavy (non-hydrogen) atoms. The van der Waals surface area contributed by atoms with Crippen LogP contribution in [-0.2, 0) is 61.3 Å². The van der Waals surface area contributed by atoms with Gasteiger partial charge in [-0.05, 0) is 429 Å². The Morgan fingerprint density at radius 3 is 0.893 bits per heavy atom. The lowest BCUT2D eigenvalue weighted by Gasteiger charge is -2.54. The van der Waals surface area contributed by atoms with Gasteiger partial charge in [-0.2, -0.15) is 0 Å². The molecule has 0 aliphatic heterocycles. The molecule has 0 spiro atoms. The van der Waals surface area contributed by atoms with Crippen molar-refractivity contribution in [1.29, 1.82) is 0 Å². The summed E-state index contributed by atoms with van der Waals surface area (Å²) in [6.07, 6.45) is 64.1. The van der Waals surface area contributed by atoms with E-state index in [1.54, 1.807) is 13.2 Å². The van der Waals surface area contributed by atoms with Crippen LogP contribution in [0.25, 0.3) is 28.2 Å². The number of sulfonamides is 3. The molecule has 16 bridgehead atoms. The van der Waals surface area contributed by atoms with E-state index in [9.17, 15) is 42.1 Å². The molecule has 798 valence electrons. The van der Waals surface area contributed by atoms with Crippen LogP contribution in [0.5, 0.6) is 28.7 Å². The Hall–Kier alpha value is -8.75. The van der Waals surface area contributed by atoms with Crippen LogP contribution in [0.2, 0.25) is 0 Å². The Morgan fingerprint density at radius 2 is 0.570 bits per heavy atom. The van der Waals surface area contributed by atoms with Gasteiger partial charge in [0.1, 0.15) is 52.5 Å². The summed E-state index contributed by atoms with van der Waals surface area (Å²) in [5.41, 5.74) is 9.18. The molecule has 10 aromatic rings. The van der Waals surface area contributed by atoms with E-state index in [1.165, 1.54) is 209 Å². The third kappa shape index (κ3) is 19.3. The minimum absolute atomic E-state index is 0.0152. The second kappa shape index (κ2) is 36.7. The van der Waals surface area contributed by atoms with Crippen LogP contribution in [0.15, 0.2) is 61.3 Å². The number of hydrogen-bond donors (Lipinski definition) is 3. The molecular weight excluding hydrogens is 1990 g/mol. The summed E-state index contributed by atoms with van der Waals surface area (Å²) < 4.78 is 171. The maximum Gasteiger partial charge on any atom is 0.242 e. The maximum absolute atomic E-state index is 12.5. The van der Waals surface area contributed by atoms with Crippen molar-refractivity contribution < 1.29 is 65.8 Å². The quantitative estimate of drug-likeness (QED) is 0.0363. The molecule has 8 unspecified atom stereocenters. The predicted octanol–water partition coefficient (Wildman–Crippen LogP) is 18.6. The highest BCUT2D eigenvalue weighted by atomic mass is 32.2. The number of fused-ring (bicyclic) bond motifs is 15. The molecule has 0 aromatic carbocycles. The van der Waals surface area contributed by atoms with E-state index in [1.807, 2.05) is 63.9 Å². The van der Waals surface area contributed by atoms with Gasteiger partial charge in [-0.1, -0.05) is 0 Å². The summed E-state index contributed by atoms with van der Waals surface area (Å²) in [4.78, 5) is 0. The van der Waals surface area contributed by atoms with Gasteiger partial charge < -0.3 is 23.7 Å². The number of nitrogens with zero attached hydrogens (tertiary/aromatic N) is 15. The van der Waals surface area contributed by atoms with E-state index < -0.39 is 49.7 Å². The first-order valence-electron chi connectivity index (χ1n) is 57.5. The van der Waals surface area contributed by atoms with E-state index in [-0.39, 0.29) is 45.1 Å². The normalized spacial score (nSPS) is 34.3. The molecule has 26 aliphatic carbocycles. The van der Waals surface area contributed by atoms with Crippen molar-refractivity contribution in [2.45, 2.75) is 332 Å². The van der Waals surface area contributed by atoms with Crippen molar-refractivity contribution in [1.82, 2.24) is 73.0 Å². The Labute approximate surface area is 872 Å². The van der Waals surface area contributed by atoms with Crippen LogP contribution in [-0.4, -0.2) is 175 Å². The van der Waals surface area contributed by atoms with Crippen molar-refractivity contribution in [2.75, 3.05) is 46.5 Å². The third-order valence-electron chi connectivity index (χ3n) is 40.9. The first-order valence-corrected chi connectivity index (χ1v) is 66.3. The number of sulfone groups is 2. The highest BCUT2D eigenvalue weighted by Gasteiger charge is 2.57. The molecule has 36 rings (SSSR count). The molecule has 0 amide bonds. The van der Waals surface area contributed by atoms with E-state index in [0.29, 0.717) is 123 Å². The highest BCUT2D eigenvalue weighted by molar-refractivity contribution is 7.94. The molecule has 10 aromatic heterocycles. The number of nitrogens with one attached hydrogen (secondary N) is 3. The minimum atomic E-state index is -3.40. The summed E-state index contributed by atoms with van der Waals surface area (Å²) in [5.74, 6) is 29.0.